The number of nitrogens with zero attached hydrogens (tertiary/aromatic N) is 4. The molecule has 2 aliphatic rings. The topological polar surface area (TPSA) is 41.4 Å². The molecule has 0 bridgehead atoms. The lowest BCUT2D eigenvalue weighted by Gasteiger charge is -2.41. The first-order chi connectivity index (χ1) is 13.2. The molecular formula is C22H30N4O. The van der Waals surface area contributed by atoms with Gasteiger partial charge in [-0.3, -0.25) is 9.69 Å². The van der Waals surface area contributed by atoms with Crippen LogP contribution in [-0.2, 0) is 30.6 Å². The third-order valence-electron chi connectivity index (χ3n) is 6.19. The summed E-state index contributed by atoms with van der Waals surface area (Å²) in [6.45, 7) is 6.57. The largest absolute Gasteiger partial charge is 0.340 e. The van der Waals surface area contributed by atoms with Crippen LogP contribution >= 0.6 is 0 Å². The number of fused-ring (bicyclic) bond motifs is 1. The molecule has 0 unspecified atom stereocenters. The second-order valence-corrected chi connectivity index (χ2v) is 7.72. The minimum absolute atomic E-state index is 0.277. The Hall–Kier alpha value is -2.14. The lowest BCUT2D eigenvalue weighted by atomic mass is 9.87. The van der Waals surface area contributed by atoms with Crippen LogP contribution in [0.15, 0.2) is 36.7 Å². The monoisotopic (exact) mass is 366 g/mol. The van der Waals surface area contributed by atoms with Crippen LogP contribution in [0.3, 0.4) is 0 Å². The highest BCUT2D eigenvalue weighted by atomic mass is 16.2. The SMILES string of the molecule is CCc1nccn1CCC(=O)N1CCN([C@@H]2CCc3ccccc3C2)CC1. The lowest BCUT2D eigenvalue weighted by molar-refractivity contribution is -0.133. The van der Waals surface area contributed by atoms with E-state index in [1.54, 1.807) is 0 Å². The predicted molar refractivity (Wildman–Crippen MR) is 107 cm³/mol. The molecule has 0 spiro atoms. The van der Waals surface area contributed by atoms with Crippen molar-refractivity contribution < 1.29 is 4.79 Å². The summed E-state index contributed by atoms with van der Waals surface area (Å²) in [6.07, 6.45) is 8.86. The maximum Gasteiger partial charge on any atom is 0.224 e. The fraction of sp³-hybridized carbons (Fsp3) is 0.545. The minimum Gasteiger partial charge on any atom is -0.340 e. The molecule has 1 amide bonds. The smallest absolute Gasteiger partial charge is 0.224 e. The van der Waals surface area contributed by atoms with Crippen molar-refractivity contribution in [2.75, 3.05) is 26.2 Å². The summed E-state index contributed by atoms with van der Waals surface area (Å²) in [7, 11) is 0. The third kappa shape index (κ3) is 4.08. The zero-order valence-electron chi connectivity index (χ0n) is 16.3. The third-order valence-corrected chi connectivity index (χ3v) is 6.19. The molecule has 1 aliphatic heterocycles. The number of imidazole rings is 1. The van der Waals surface area contributed by atoms with E-state index in [0.29, 0.717) is 12.5 Å². The highest BCUT2D eigenvalue weighted by Gasteiger charge is 2.28. The van der Waals surface area contributed by atoms with Crippen molar-refractivity contribution >= 4 is 5.91 Å². The molecule has 5 nitrogen and oxygen atoms in total. The maximum atomic E-state index is 12.6. The lowest BCUT2D eigenvalue weighted by Crippen LogP contribution is -2.53. The Morgan fingerprint density at radius 3 is 2.70 bits per heavy atom. The van der Waals surface area contributed by atoms with Gasteiger partial charge in [-0.05, 0) is 30.4 Å². The van der Waals surface area contributed by atoms with Gasteiger partial charge in [0, 0.05) is 64.0 Å². The second kappa shape index (κ2) is 8.26. The second-order valence-electron chi connectivity index (χ2n) is 7.72. The molecular weight excluding hydrogens is 336 g/mol. The Morgan fingerprint density at radius 2 is 1.93 bits per heavy atom. The Labute approximate surface area is 162 Å². The standard InChI is InChI=1S/C22H30N4O/c1-2-21-23-10-12-25(21)11-9-22(27)26-15-13-24(14-16-26)20-8-7-18-5-3-4-6-19(18)17-20/h3-6,10,12,20H,2,7-9,11,13-17H2,1H3/t20-/m1/s1. The van der Waals surface area contributed by atoms with Crippen molar-refractivity contribution in [1.82, 2.24) is 19.4 Å². The quantitative estimate of drug-likeness (QED) is 0.817. The van der Waals surface area contributed by atoms with Crippen LogP contribution in [0, 0.1) is 0 Å². The van der Waals surface area contributed by atoms with Gasteiger partial charge >= 0.3 is 0 Å². The molecule has 27 heavy (non-hydrogen) atoms. The summed E-state index contributed by atoms with van der Waals surface area (Å²) in [5, 5.41) is 0. The normalized spacial score (nSPS) is 20.5. The van der Waals surface area contributed by atoms with Crippen LogP contribution < -0.4 is 0 Å². The van der Waals surface area contributed by atoms with E-state index in [-0.39, 0.29) is 5.91 Å². The van der Waals surface area contributed by atoms with E-state index in [1.165, 1.54) is 24.0 Å². The minimum atomic E-state index is 0.277. The first-order valence-corrected chi connectivity index (χ1v) is 10.3. The number of carbonyl (C=O) groups excluding carboxylic acids is 1. The van der Waals surface area contributed by atoms with Crippen LogP contribution in [0.5, 0.6) is 0 Å². The van der Waals surface area contributed by atoms with E-state index in [9.17, 15) is 4.79 Å². The van der Waals surface area contributed by atoms with Crippen molar-refractivity contribution in [2.45, 2.75) is 51.6 Å². The molecule has 2 heterocycles. The van der Waals surface area contributed by atoms with Crippen molar-refractivity contribution in [2.24, 2.45) is 0 Å². The first kappa shape index (κ1) is 18.2. The van der Waals surface area contributed by atoms with Crippen molar-refractivity contribution in [3.05, 3.63) is 53.6 Å². The van der Waals surface area contributed by atoms with E-state index in [2.05, 4.69) is 50.5 Å². The van der Waals surface area contributed by atoms with Crippen molar-refractivity contribution in [1.29, 1.82) is 0 Å². The van der Waals surface area contributed by atoms with Crippen molar-refractivity contribution in [3.63, 3.8) is 0 Å². The van der Waals surface area contributed by atoms with Gasteiger partial charge in [0.2, 0.25) is 5.91 Å². The van der Waals surface area contributed by atoms with Crippen LogP contribution in [0.4, 0.5) is 0 Å². The van der Waals surface area contributed by atoms with Crippen molar-refractivity contribution in [3.8, 4) is 0 Å². The van der Waals surface area contributed by atoms with Gasteiger partial charge in [0.1, 0.15) is 5.82 Å². The number of aryl methyl sites for hydroxylation is 3. The van der Waals surface area contributed by atoms with Gasteiger partial charge in [0.25, 0.3) is 0 Å². The van der Waals surface area contributed by atoms with E-state index < -0.39 is 0 Å². The average Bonchev–Trinajstić information content (AvgIpc) is 3.19. The summed E-state index contributed by atoms with van der Waals surface area (Å²) in [5.41, 5.74) is 3.04. The fourth-order valence-electron chi connectivity index (χ4n) is 4.56. The molecule has 144 valence electrons. The molecule has 0 radical (unpaired) electrons. The Bertz CT molecular complexity index is 776. The van der Waals surface area contributed by atoms with Crippen LogP contribution in [-0.4, -0.2) is 57.5 Å². The van der Waals surface area contributed by atoms with Gasteiger partial charge in [-0.1, -0.05) is 31.2 Å². The number of benzene rings is 1. The summed E-state index contributed by atoms with van der Waals surface area (Å²) < 4.78 is 2.10. The van der Waals surface area contributed by atoms with Gasteiger partial charge in [-0.25, -0.2) is 4.98 Å². The van der Waals surface area contributed by atoms with E-state index in [1.807, 2.05) is 12.4 Å². The molecule has 1 fully saturated rings. The summed E-state index contributed by atoms with van der Waals surface area (Å²) in [6, 6.07) is 9.49. The van der Waals surface area contributed by atoms with E-state index >= 15 is 0 Å². The fourth-order valence-corrected chi connectivity index (χ4v) is 4.56. The number of hydrogen-bond acceptors (Lipinski definition) is 3. The van der Waals surface area contributed by atoms with Gasteiger partial charge in [0.05, 0.1) is 0 Å². The van der Waals surface area contributed by atoms with Gasteiger partial charge < -0.3 is 9.47 Å². The molecule has 0 saturated carbocycles. The Morgan fingerprint density at radius 1 is 1.15 bits per heavy atom. The van der Waals surface area contributed by atoms with E-state index in [4.69, 9.17) is 0 Å². The Balaban J connectivity index is 1.26. The van der Waals surface area contributed by atoms with E-state index in [0.717, 1.165) is 51.4 Å². The molecule has 1 aliphatic carbocycles. The molecule has 5 heteroatoms. The number of rotatable bonds is 5. The molecule has 1 aromatic heterocycles. The summed E-state index contributed by atoms with van der Waals surface area (Å²) in [5.74, 6) is 1.34. The molecule has 1 aromatic carbocycles. The number of aromatic nitrogens is 2. The van der Waals surface area contributed by atoms with Crippen LogP contribution in [0.25, 0.3) is 0 Å². The van der Waals surface area contributed by atoms with Crippen LogP contribution in [0.2, 0.25) is 0 Å². The summed E-state index contributed by atoms with van der Waals surface area (Å²) >= 11 is 0. The average molecular weight is 367 g/mol. The van der Waals surface area contributed by atoms with Gasteiger partial charge in [0.15, 0.2) is 0 Å². The Kier molecular flexibility index (Phi) is 5.58. The zero-order valence-corrected chi connectivity index (χ0v) is 16.3. The molecule has 0 N–H and O–H groups in total. The molecule has 1 saturated heterocycles. The number of amides is 1. The summed E-state index contributed by atoms with van der Waals surface area (Å²) in [4.78, 5) is 21.6. The molecule has 1 atom stereocenters. The first-order valence-electron chi connectivity index (χ1n) is 10.3. The molecule has 4 rings (SSSR count). The maximum absolute atomic E-state index is 12.6. The predicted octanol–water partition coefficient (Wildman–Crippen LogP) is 2.54. The zero-order chi connectivity index (χ0) is 18.6. The number of piperazine rings is 1. The number of hydrogen-bond donors (Lipinski definition) is 0. The highest BCUT2D eigenvalue weighted by Crippen LogP contribution is 2.25. The molecule has 2 aromatic rings. The number of carbonyl (C=O) groups is 1. The van der Waals surface area contributed by atoms with Gasteiger partial charge in [-0.15, -0.1) is 0 Å². The van der Waals surface area contributed by atoms with Gasteiger partial charge in [-0.2, -0.15) is 0 Å². The highest BCUT2D eigenvalue weighted by molar-refractivity contribution is 5.76. The van der Waals surface area contributed by atoms with Crippen LogP contribution in [0.1, 0.15) is 36.7 Å².